The number of para-hydroxylation sites is 2. The van der Waals surface area contributed by atoms with Crippen molar-refractivity contribution in [2.45, 2.75) is 51.5 Å². The Bertz CT molecular complexity index is 1040. The highest BCUT2D eigenvalue weighted by Gasteiger charge is 2.17. The maximum Gasteiger partial charge on any atom is 0.251 e. The Labute approximate surface area is 189 Å². The number of benzene rings is 2. The van der Waals surface area contributed by atoms with Gasteiger partial charge in [-0.2, -0.15) is 0 Å². The molecule has 1 N–H and O–H groups in total. The molecule has 6 nitrogen and oxygen atoms in total. The first-order valence-corrected chi connectivity index (χ1v) is 11.8. The van der Waals surface area contributed by atoms with Crippen molar-refractivity contribution in [2.75, 3.05) is 19.6 Å². The van der Waals surface area contributed by atoms with Crippen molar-refractivity contribution in [3.63, 3.8) is 0 Å². The highest BCUT2D eigenvalue weighted by atomic mass is 16.2. The zero-order chi connectivity index (χ0) is 22.2. The molecule has 0 aliphatic carbocycles. The van der Waals surface area contributed by atoms with Gasteiger partial charge in [-0.1, -0.05) is 43.2 Å². The minimum atomic E-state index is -0.0536. The molecule has 6 heteroatoms. The highest BCUT2D eigenvalue weighted by Crippen LogP contribution is 2.19. The lowest BCUT2D eigenvalue weighted by molar-refractivity contribution is -0.131. The number of likely N-dealkylation sites (tertiary alicyclic amines) is 1. The molecule has 1 fully saturated rings. The molecule has 2 aromatic carbocycles. The summed E-state index contributed by atoms with van der Waals surface area (Å²) in [5.74, 6) is 1.16. The topological polar surface area (TPSA) is 67.2 Å². The molecule has 2 heterocycles. The van der Waals surface area contributed by atoms with E-state index in [4.69, 9.17) is 4.98 Å². The fourth-order valence-corrected chi connectivity index (χ4v) is 4.39. The van der Waals surface area contributed by atoms with E-state index >= 15 is 0 Å². The summed E-state index contributed by atoms with van der Waals surface area (Å²) in [5, 5.41) is 2.98. The molecule has 32 heavy (non-hydrogen) atoms. The molecule has 0 radical (unpaired) electrons. The first-order chi connectivity index (χ1) is 15.7. The summed E-state index contributed by atoms with van der Waals surface area (Å²) < 4.78 is 2.18. The number of amides is 2. The Balaban J connectivity index is 1.36. The van der Waals surface area contributed by atoms with E-state index in [0.29, 0.717) is 25.1 Å². The number of carbonyl (C=O) groups is 2. The summed E-state index contributed by atoms with van der Waals surface area (Å²) in [4.78, 5) is 31.9. The van der Waals surface area contributed by atoms with E-state index in [-0.39, 0.29) is 11.8 Å². The second kappa shape index (κ2) is 10.9. The van der Waals surface area contributed by atoms with Gasteiger partial charge in [-0.3, -0.25) is 9.59 Å². The molecule has 168 valence electrons. The number of carbonyl (C=O) groups excluding carboxylic acids is 2. The molecule has 4 rings (SSSR count). The first-order valence-electron chi connectivity index (χ1n) is 11.8. The summed E-state index contributed by atoms with van der Waals surface area (Å²) in [7, 11) is 0. The van der Waals surface area contributed by atoms with Gasteiger partial charge in [0.2, 0.25) is 5.91 Å². The molecule has 1 aliphatic heterocycles. The summed E-state index contributed by atoms with van der Waals surface area (Å²) in [6, 6.07) is 17.4. The summed E-state index contributed by atoms with van der Waals surface area (Å²) in [6.07, 6.45) is 6.71. The van der Waals surface area contributed by atoms with Crippen LogP contribution in [0.5, 0.6) is 0 Å². The second-order valence-electron chi connectivity index (χ2n) is 8.44. The molecule has 0 saturated carbocycles. The third-order valence-electron chi connectivity index (χ3n) is 6.14. The van der Waals surface area contributed by atoms with Gasteiger partial charge in [-0.25, -0.2) is 4.98 Å². The van der Waals surface area contributed by atoms with E-state index in [1.54, 1.807) is 0 Å². The van der Waals surface area contributed by atoms with Crippen LogP contribution in [0.2, 0.25) is 0 Å². The fourth-order valence-electron chi connectivity index (χ4n) is 4.39. The van der Waals surface area contributed by atoms with Crippen LogP contribution >= 0.6 is 0 Å². The van der Waals surface area contributed by atoms with Crippen molar-refractivity contribution < 1.29 is 9.59 Å². The van der Waals surface area contributed by atoms with Crippen LogP contribution in [-0.4, -0.2) is 45.9 Å². The van der Waals surface area contributed by atoms with E-state index in [0.717, 1.165) is 55.6 Å². The van der Waals surface area contributed by atoms with Crippen LogP contribution in [0.1, 0.15) is 54.7 Å². The van der Waals surface area contributed by atoms with E-state index in [2.05, 4.69) is 16.0 Å². The molecule has 0 atom stereocenters. The third-order valence-corrected chi connectivity index (χ3v) is 6.14. The summed E-state index contributed by atoms with van der Waals surface area (Å²) in [5.41, 5.74) is 2.70. The molecule has 2 amide bonds. The van der Waals surface area contributed by atoms with Gasteiger partial charge in [0.05, 0.1) is 11.0 Å². The standard InChI is InChI=1S/C26H32N4O2/c31-25(29-18-8-1-2-9-19-29)16-20-30-23-14-7-6-13-22(23)28-24(30)15-10-17-27-26(32)21-11-4-3-5-12-21/h3-7,11-14H,1-2,8-10,15-20H2,(H,27,32). The van der Waals surface area contributed by atoms with Crippen LogP contribution in [0.3, 0.4) is 0 Å². The number of aryl methyl sites for hydroxylation is 2. The molecule has 1 aliphatic rings. The molecule has 0 unspecified atom stereocenters. The molecule has 3 aromatic rings. The van der Waals surface area contributed by atoms with Gasteiger partial charge in [0, 0.05) is 44.6 Å². The van der Waals surface area contributed by atoms with Gasteiger partial charge >= 0.3 is 0 Å². The molecule has 1 saturated heterocycles. The van der Waals surface area contributed by atoms with Gasteiger partial charge in [0.1, 0.15) is 5.82 Å². The number of hydrogen-bond acceptors (Lipinski definition) is 3. The van der Waals surface area contributed by atoms with Crippen LogP contribution in [0.4, 0.5) is 0 Å². The Kier molecular flexibility index (Phi) is 7.54. The summed E-state index contributed by atoms with van der Waals surface area (Å²) in [6.45, 7) is 3.00. The number of fused-ring (bicyclic) bond motifs is 1. The molecular weight excluding hydrogens is 400 g/mol. The smallest absolute Gasteiger partial charge is 0.251 e. The SMILES string of the molecule is O=C(NCCCc1nc2ccccc2n1CCC(=O)N1CCCCCC1)c1ccccc1. The molecule has 0 bridgehead atoms. The third kappa shape index (κ3) is 5.55. The van der Waals surface area contributed by atoms with Gasteiger partial charge in [0.15, 0.2) is 0 Å². The Hall–Kier alpha value is -3.15. The van der Waals surface area contributed by atoms with E-state index in [9.17, 15) is 9.59 Å². The zero-order valence-corrected chi connectivity index (χ0v) is 18.6. The van der Waals surface area contributed by atoms with E-state index < -0.39 is 0 Å². The van der Waals surface area contributed by atoms with Crippen molar-refractivity contribution >= 4 is 22.8 Å². The monoisotopic (exact) mass is 432 g/mol. The number of nitrogens with zero attached hydrogens (tertiary/aromatic N) is 3. The largest absolute Gasteiger partial charge is 0.352 e. The maximum atomic E-state index is 12.8. The fraction of sp³-hybridized carbons (Fsp3) is 0.423. The maximum absolute atomic E-state index is 12.8. The minimum Gasteiger partial charge on any atom is -0.352 e. The first kappa shape index (κ1) is 22.1. The van der Waals surface area contributed by atoms with E-state index in [1.165, 1.54) is 12.8 Å². The Morgan fingerprint density at radius 1 is 0.906 bits per heavy atom. The van der Waals surface area contributed by atoms with Crippen LogP contribution < -0.4 is 5.32 Å². The van der Waals surface area contributed by atoms with Crippen LogP contribution in [-0.2, 0) is 17.8 Å². The lowest BCUT2D eigenvalue weighted by Gasteiger charge is -2.20. The normalized spacial score (nSPS) is 14.3. The van der Waals surface area contributed by atoms with Crippen molar-refractivity contribution in [1.29, 1.82) is 0 Å². The van der Waals surface area contributed by atoms with Crippen molar-refractivity contribution in [3.05, 3.63) is 66.0 Å². The van der Waals surface area contributed by atoms with Gasteiger partial charge in [-0.05, 0) is 43.5 Å². The Morgan fingerprint density at radius 3 is 2.41 bits per heavy atom. The lowest BCUT2D eigenvalue weighted by Crippen LogP contribution is -2.32. The van der Waals surface area contributed by atoms with Crippen LogP contribution in [0.15, 0.2) is 54.6 Å². The molecular formula is C26H32N4O2. The second-order valence-corrected chi connectivity index (χ2v) is 8.44. The van der Waals surface area contributed by atoms with E-state index in [1.807, 2.05) is 53.4 Å². The lowest BCUT2D eigenvalue weighted by atomic mass is 10.2. The highest BCUT2D eigenvalue weighted by molar-refractivity contribution is 5.94. The number of aromatic nitrogens is 2. The zero-order valence-electron chi connectivity index (χ0n) is 18.6. The van der Waals surface area contributed by atoms with Crippen LogP contribution in [0, 0.1) is 0 Å². The Morgan fingerprint density at radius 2 is 1.62 bits per heavy atom. The van der Waals surface area contributed by atoms with Crippen LogP contribution in [0.25, 0.3) is 11.0 Å². The average molecular weight is 433 g/mol. The van der Waals surface area contributed by atoms with Crippen molar-refractivity contribution in [1.82, 2.24) is 19.8 Å². The number of imidazole rings is 1. The molecule has 1 aromatic heterocycles. The quantitative estimate of drug-likeness (QED) is 0.543. The number of hydrogen-bond donors (Lipinski definition) is 1. The van der Waals surface area contributed by atoms with Gasteiger partial charge in [-0.15, -0.1) is 0 Å². The van der Waals surface area contributed by atoms with Crippen molar-refractivity contribution in [2.24, 2.45) is 0 Å². The van der Waals surface area contributed by atoms with Gasteiger partial charge in [0.25, 0.3) is 5.91 Å². The predicted molar refractivity (Wildman–Crippen MR) is 126 cm³/mol. The predicted octanol–water partition coefficient (Wildman–Crippen LogP) is 4.19. The number of rotatable bonds is 8. The van der Waals surface area contributed by atoms with Gasteiger partial charge < -0.3 is 14.8 Å². The molecule has 0 spiro atoms. The summed E-state index contributed by atoms with van der Waals surface area (Å²) >= 11 is 0. The minimum absolute atomic E-state index is 0.0536. The van der Waals surface area contributed by atoms with Crippen molar-refractivity contribution in [3.8, 4) is 0 Å². The number of nitrogens with one attached hydrogen (secondary N) is 1. The average Bonchev–Trinajstić information content (AvgIpc) is 2.98.